The average molecular weight is 323 g/mol. The molecule has 1 amide bonds. The summed E-state index contributed by atoms with van der Waals surface area (Å²) in [5, 5.41) is 12.6. The topological polar surface area (TPSA) is 64.7 Å². The molecular formula is C18H21N5O. The first-order chi connectivity index (χ1) is 11.6. The van der Waals surface area contributed by atoms with E-state index in [2.05, 4.69) is 42.8 Å². The summed E-state index contributed by atoms with van der Waals surface area (Å²) in [7, 11) is 0. The summed E-state index contributed by atoms with van der Waals surface area (Å²) in [4.78, 5) is 12.5. The van der Waals surface area contributed by atoms with Gasteiger partial charge in [0, 0.05) is 30.2 Å². The van der Waals surface area contributed by atoms with Gasteiger partial charge in [-0.15, -0.1) is 10.2 Å². The molecule has 1 aliphatic rings. The number of carbonyl (C=O) groups excluding carboxylic acids is 1. The van der Waals surface area contributed by atoms with Gasteiger partial charge in [-0.1, -0.05) is 18.2 Å². The minimum absolute atomic E-state index is 0.0543. The highest BCUT2D eigenvalue weighted by Crippen LogP contribution is 2.19. The second kappa shape index (κ2) is 5.78. The number of hydrogen-bond acceptors (Lipinski definition) is 3. The van der Waals surface area contributed by atoms with Gasteiger partial charge in [0.25, 0.3) is 0 Å². The fourth-order valence-electron chi connectivity index (χ4n) is 3.56. The molecule has 0 spiro atoms. The van der Waals surface area contributed by atoms with Crippen LogP contribution >= 0.6 is 0 Å². The van der Waals surface area contributed by atoms with Crippen LogP contribution in [0.15, 0.2) is 30.3 Å². The molecule has 0 saturated heterocycles. The van der Waals surface area contributed by atoms with Crippen LogP contribution in [0.25, 0.3) is 10.9 Å². The van der Waals surface area contributed by atoms with Gasteiger partial charge in [-0.3, -0.25) is 4.79 Å². The lowest BCUT2D eigenvalue weighted by Gasteiger charge is -2.25. The van der Waals surface area contributed by atoms with E-state index in [-0.39, 0.29) is 11.9 Å². The van der Waals surface area contributed by atoms with Crippen LogP contribution in [0.1, 0.15) is 23.8 Å². The van der Waals surface area contributed by atoms with Gasteiger partial charge in [0.05, 0.1) is 0 Å². The summed E-state index contributed by atoms with van der Waals surface area (Å²) in [6.07, 6.45) is 1.77. The first-order valence-electron chi connectivity index (χ1n) is 8.35. The van der Waals surface area contributed by atoms with Gasteiger partial charge in [-0.05, 0) is 37.8 Å². The molecule has 3 heterocycles. The molecule has 0 radical (unpaired) electrons. The van der Waals surface area contributed by atoms with E-state index in [9.17, 15) is 4.79 Å². The number of aromatic nitrogens is 4. The van der Waals surface area contributed by atoms with Gasteiger partial charge in [0.15, 0.2) is 0 Å². The van der Waals surface area contributed by atoms with Gasteiger partial charge in [0.2, 0.25) is 5.91 Å². The highest BCUT2D eigenvalue weighted by Gasteiger charge is 2.23. The predicted molar refractivity (Wildman–Crippen MR) is 91.7 cm³/mol. The molecule has 1 aliphatic heterocycles. The molecule has 6 heteroatoms. The summed E-state index contributed by atoms with van der Waals surface area (Å²) >= 11 is 0. The zero-order valence-electron chi connectivity index (χ0n) is 14.0. The number of nitrogens with zero attached hydrogens (tertiary/aromatic N) is 4. The lowest BCUT2D eigenvalue weighted by molar-refractivity contribution is -0.122. The van der Waals surface area contributed by atoms with Crippen LogP contribution < -0.4 is 5.32 Å². The third-order valence-corrected chi connectivity index (χ3v) is 4.82. The van der Waals surface area contributed by atoms with Gasteiger partial charge in [-0.25, -0.2) is 0 Å². The molecule has 0 aliphatic carbocycles. The minimum Gasteiger partial charge on any atom is -0.350 e. The Labute approximate surface area is 140 Å². The van der Waals surface area contributed by atoms with Crippen LogP contribution in [-0.4, -0.2) is 31.3 Å². The molecule has 1 aromatic carbocycles. The number of nitrogens with one attached hydrogen (secondary N) is 1. The molecule has 1 atom stereocenters. The first-order valence-corrected chi connectivity index (χ1v) is 8.35. The molecule has 3 aromatic rings. The van der Waals surface area contributed by atoms with Crippen LogP contribution in [-0.2, 0) is 24.3 Å². The summed E-state index contributed by atoms with van der Waals surface area (Å²) in [5.74, 6) is 1.99. The van der Waals surface area contributed by atoms with Crippen molar-refractivity contribution in [3.05, 3.63) is 47.7 Å². The maximum absolute atomic E-state index is 12.5. The van der Waals surface area contributed by atoms with E-state index in [0.29, 0.717) is 6.54 Å². The molecule has 2 aromatic heterocycles. The molecule has 0 fully saturated rings. The van der Waals surface area contributed by atoms with Crippen LogP contribution in [0.2, 0.25) is 0 Å². The maximum atomic E-state index is 12.5. The summed E-state index contributed by atoms with van der Waals surface area (Å²) < 4.78 is 4.17. The largest absolute Gasteiger partial charge is 0.350 e. The normalized spacial score (nSPS) is 17.0. The Kier molecular flexibility index (Phi) is 3.59. The second-order valence-corrected chi connectivity index (χ2v) is 6.51. The van der Waals surface area contributed by atoms with Crippen LogP contribution in [0, 0.1) is 13.8 Å². The Balaban J connectivity index is 1.47. The third kappa shape index (κ3) is 2.58. The van der Waals surface area contributed by atoms with Crippen molar-refractivity contribution in [3.8, 4) is 0 Å². The molecule has 0 saturated carbocycles. The van der Waals surface area contributed by atoms with E-state index < -0.39 is 0 Å². The highest BCUT2D eigenvalue weighted by molar-refractivity contribution is 5.84. The zero-order valence-corrected chi connectivity index (χ0v) is 14.0. The number of carbonyl (C=O) groups is 1. The number of fused-ring (bicyclic) bond motifs is 2. The van der Waals surface area contributed by atoms with Crippen molar-refractivity contribution in [2.24, 2.45) is 0 Å². The quantitative estimate of drug-likeness (QED) is 0.801. The lowest BCUT2D eigenvalue weighted by Crippen LogP contribution is -2.42. The number of rotatable bonds is 3. The number of benzene rings is 1. The van der Waals surface area contributed by atoms with Gasteiger partial charge in [-0.2, -0.15) is 0 Å². The Morgan fingerprint density at radius 3 is 3.00 bits per heavy atom. The third-order valence-electron chi connectivity index (χ3n) is 4.82. The van der Waals surface area contributed by atoms with Crippen molar-refractivity contribution in [2.45, 2.75) is 45.8 Å². The standard InChI is InChI=1S/C18H21N5O/c1-12-9-14-5-3-4-6-16(14)22(12)11-18(24)19-15-7-8-17-21-20-13(2)23(17)10-15/h3-6,9,15H,7-8,10-11H2,1-2H3,(H,19,24)/t15-/m0/s1. The smallest absolute Gasteiger partial charge is 0.240 e. The fraction of sp³-hybridized carbons (Fsp3) is 0.389. The van der Waals surface area contributed by atoms with Crippen molar-refractivity contribution in [2.75, 3.05) is 0 Å². The number of amides is 1. The second-order valence-electron chi connectivity index (χ2n) is 6.51. The molecule has 0 unspecified atom stereocenters. The maximum Gasteiger partial charge on any atom is 0.240 e. The summed E-state index contributed by atoms with van der Waals surface area (Å²) in [6.45, 7) is 5.10. The molecule has 124 valence electrons. The molecular weight excluding hydrogens is 302 g/mol. The zero-order chi connectivity index (χ0) is 16.7. The van der Waals surface area contributed by atoms with Crippen LogP contribution in [0.4, 0.5) is 0 Å². The van der Waals surface area contributed by atoms with Crippen molar-refractivity contribution >= 4 is 16.8 Å². The first kappa shape index (κ1) is 14.9. The molecule has 1 N–H and O–H groups in total. The molecule has 24 heavy (non-hydrogen) atoms. The van der Waals surface area contributed by atoms with Gasteiger partial charge >= 0.3 is 0 Å². The van der Waals surface area contributed by atoms with E-state index >= 15 is 0 Å². The highest BCUT2D eigenvalue weighted by atomic mass is 16.2. The predicted octanol–water partition coefficient (Wildman–Crippen LogP) is 1.98. The van der Waals surface area contributed by atoms with E-state index in [1.165, 1.54) is 5.39 Å². The molecule has 6 nitrogen and oxygen atoms in total. The fourth-order valence-corrected chi connectivity index (χ4v) is 3.56. The number of para-hydroxylation sites is 1. The SMILES string of the molecule is Cc1nnc2n1C[C@@H](NC(=O)Cn1c(C)cc3ccccc31)CC2. The molecule has 4 rings (SSSR count). The van der Waals surface area contributed by atoms with E-state index in [0.717, 1.165) is 42.2 Å². The Morgan fingerprint density at radius 1 is 1.29 bits per heavy atom. The van der Waals surface area contributed by atoms with Crippen molar-refractivity contribution in [1.82, 2.24) is 24.6 Å². The van der Waals surface area contributed by atoms with E-state index in [1.54, 1.807) is 0 Å². The van der Waals surface area contributed by atoms with Crippen molar-refractivity contribution in [3.63, 3.8) is 0 Å². The summed E-state index contributed by atoms with van der Waals surface area (Å²) in [5.41, 5.74) is 2.21. The van der Waals surface area contributed by atoms with Gasteiger partial charge < -0.3 is 14.5 Å². The van der Waals surface area contributed by atoms with E-state index in [1.807, 2.05) is 26.0 Å². The number of aryl methyl sites for hydroxylation is 3. The Bertz CT molecular complexity index is 907. The summed E-state index contributed by atoms with van der Waals surface area (Å²) in [6, 6.07) is 10.4. The Morgan fingerprint density at radius 2 is 2.12 bits per heavy atom. The van der Waals surface area contributed by atoms with E-state index in [4.69, 9.17) is 0 Å². The van der Waals surface area contributed by atoms with Crippen molar-refractivity contribution in [1.29, 1.82) is 0 Å². The average Bonchev–Trinajstić information content (AvgIpc) is 3.09. The van der Waals surface area contributed by atoms with Crippen molar-refractivity contribution < 1.29 is 4.79 Å². The van der Waals surface area contributed by atoms with Crippen LogP contribution in [0.3, 0.4) is 0 Å². The molecule has 0 bridgehead atoms. The lowest BCUT2D eigenvalue weighted by atomic mass is 10.1. The number of hydrogen-bond donors (Lipinski definition) is 1. The monoisotopic (exact) mass is 323 g/mol. The van der Waals surface area contributed by atoms with Crippen LogP contribution in [0.5, 0.6) is 0 Å². The Hall–Kier alpha value is -2.63. The minimum atomic E-state index is 0.0543. The van der Waals surface area contributed by atoms with Gasteiger partial charge in [0.1, 0.15) is 18.2 Å².